The van der Waals surface area contributed by atoms with E-state index in [0.717, 1.165) is 0 Å². The zero-order valence-electron chi connectivity index (χ0n) is 11.2. The lowest BCUT2D eigenvalue weighted by molar-refractivity contribution is 0.185. The highest BCUT2D eigenvalue weighted by Crippen LogP contribution is 2.25. The predicted octanol–water partition coefficient (Wildman–Crippen LogP) is 2.66. The van der Waals surface area contributed by atoms with Crippen molar-refractivity contribution in [1.29, 1.82) is 0 Å². The van der Waals surface area contributed by atoms with Gasteiger partial charge in [0.2, 0.25) is 0 Å². The van der Waals surface area contributed by atoms with Crippen molar-refractivity contribution in [3.05, 3.63) is 28.2 Å². The van der Waals surface area contributed by atoms with E-state index in [9.17, 15) is 9.59 Å². The number of carbonyl (C=O) groups is 2. The van der Waals surface area contributed by atoms with Gasteiger partial charge in [-0.05, 0) is 31.0 Å². The number of hydrogen-bond donors (Lipinski definition) is 3. The van der Waals surface area contributed by atoms with Crippen LogP contribution in [0.25, 0.3) is 0 Å². The molecule has 0 aliphatic carbocycles. The first-order valence-electron chi connectivity index (χ1n) is 6.52. The number of rotatable bonds is 2. The van der Waals surface area contributed by atoms with Gasteiger partial charge in [-0.2, -0.15) is 0 Å². The third-order valence-corrected chi connectivity index (χ3v) is 3.88. The molecule has 4 N–H and O–H groups in total. The van der Waals surface area contributed by atoms with Crippen LogP contribution in [0, 0.1) is 0 Å². The van der Waals surface area contributed by atoms with Crippen LogP contribution in [0.4, 0.5) is 15.3 Å². The van der Waals surface area contributed by atoms with E-state index >= 15 is 0 Å². The van der Waals surface area contributed by atoms with E-state index < -0.39 is 6.03 Å². The molecule has 0 atom stereocenters. The second-order valence-corrected chi connectivity index (χ2v) is 5.67. The molecule has 2 rings (SSSR count). The number of hydrogen-bond acceptors (Lipinski definition) is 2. The van der Waals surface area contributed by atoms with E-state index in [1.54, 1.807) is 23.1 Å². The third kappa shape index (κ3) is 4.41. The minimum atomic E-state index is -0.427. The lowest BCUT2D eigenvalue weighted by Crippen LogP contribution is -2.48. The lowest BCUT2D eigenvalue weighted by atomic mass is 10.1. The van der Waals surface area contributed by atoms with Crippen LogP contribution in [0.3, 0.4) is 0 Å². The molecule has 0 aromatic heterocycles. The van der Waals surface area contributed by atoms with Crippen LogP contribution in [-0.2, 0) is 0 Å². The minimum absolute atomic E-state index is 0.00133. The van der Waals surface area contributed by atoms with Gasteiger partial charge >= 0.3 is 12.1 Å². The number of primary amides is 1. The topological polar surface area (TPSA) is 87.5 Å². The Balaban J connectivity index is 1.85. The molecule has 1 aliphatic heterocycles. The zero-order valence-corrected chi connectivity index (χ0v) is 12.7. The maximum absolute atomic E-state index is 11.9. The lowest BCUT2D eigenvalue weighted by Gasteiger charge is -2.31. The summed E-state index contributed by atoms with van der Waals surface area (Å²) >= 11 is 11.8. The summed E-state index contributed by atoms with van der Waals surface area (Å²) in [6.45, 7) is 1.08. The summed E-state index contributed by atoms with van der Waals surface area (Å²) in [5.41, 5.74) is 5.66. The summed E-state index contributed by atoms with van der Waals surface area (Å²) in [4.78, 5) is 24.5. The second-order valence-electron chi connectivity index (χ2n) is 4.82. The quantitative estimate of drug-likeness (QED) is 0.778. The van der Waals surface area contributed by atoms with Gasteiger partial charge in [0.15, 0.2) is 0 Å². The van der Waals surface area contributed by atoms with Gasteiger partial charge in [-0.1, -0.05) is 23.2 Å². The summed E-state index contributed by atoms with van der Waals surface area (Å²) < 4.78 is 0. The van der Waals surface area contributed by atoms with Gasteiger partial charge < -0.3 is 21.3 Å². The molecule has 1 aromatic rings. The Morgan fingerprint density at radius 3 is 2.52 bits per heavy atom. The molecule has 0 radical (unpaired) electrons. The fourth-order valence-electron chi connectivity index (χ4n) is 2.18. The maximum Gasteiger partial charge on any atom is 0.319 e. The molecule has 1 aromatic carbocycles. The minimum Gasteiger partial charge on any atom is -0.351 e. The van der Waals surface area contributed by atoms with Crippen molar-refractivity contribution in [3.8, 4) is 0 Å². The molecule has 6 nitrogen and oxygen atoms in total. The molecule has 8 heteroatoms. The van der Waals surface area contributed by atoms with Crippen LogP contribution in [0.5, 0.6) is 0 Å². The van der Waals surface area contributed by atoms with Gasteiger partial charge in [0.05, 0.1) is 10.7 Å². The fraction of sp³-hybridized carbons (Fsp3) is 0.385. The summed E-state index contributed by atoms with van der Waals surface area (Å²) in [5.74, 6) is 0. The van der Waals surface area contributed by atoms with E-state index in [4.69, 9.17) is 28.9 Å². The Morgan fingerprint density at radius 1 is 1.24 bits per heavy atom. The van der Waals surface area contributed by atoms with Crippen molar-refractivity contribution in [2.75, 3.05) is 18.4 Å². The van der Waals surface area contributed by atoms with E-state index in [1.807, 2.05) is 0 Å². The molecule has 0 saturated carbocycles. The number of piperidine rings is 1. The third-order valence-electron chi connectivity index (χ3n) is 3.32. The highest BCUT2D eigenvalue weighted by molar-refractivity contribution is 6.35. The van der Waals surface area contributed by atoms with Gasteiger partial charge in [-0.15, -0.1) is 0 Å². The summed E-state index contributed by atoms with van der Waals surface area (Å²) in [5, 5.41) is 6.41. The van der Waals surface area contributed by atoms with E-state index in [2.05, 4.69) is 10.6 Å². The highest BCUT2D eigenvalue weighted by Gasteiger charge is 2.22. The Bertz CT molecular complexity index is 545. The number of nitrogens with two attached hydrogens (primary N) is 1. The van der Waals surface area contributed by atoms with Crippen LogP contribution in [-0.4, -0.2) is 36.1 Å². The van der Waals surface area contributed by atoms with Crippen molar-refractivity contribution < 1.29 is 9.59 Å². The summed E-state index contributed by atoms with van der Waals surface area (Å²) in [7, 11) is 0. The SMILES string of the molecule is NC(=O)N1CCC(NC(=O)Nc2cc(Cl)ccc2Cl)CC1. The Labute approximate surface area is 132 Å². The monoisotopic (exact) mass is 330 g/mol. The van der Waals surface area contributed by atoms with Crippen LogP contribution < -0.4 is 16.4 Å². The Kier molecular flexibility index (Phi) is 5.14. The number of amides is 4. The second kappa shape index (κ2) is 6.87. The molecule has 4 amide bonds. The van der Waals surface area contributed by atoms with Gasteiger partial charge in [0.1, 0.15) is 0 Å². The van der Waals surface area contributed by atoms with Crippen molar-refractivity contribution in [3.63, 3.8) is 0 Å². The number of likely N-dealkylation sites (tertiary alicyclic amines) is 1. The molecular weight excluding hydrogens is 315 g/mol. The van der Waals surface area contributed by atoms with Crippen molar-refractivity contribution >= 4 is 41.0 Å². The number of halogens is 2. The van der Waals surface area contributed by atoms with Crippen LogP contribution >= 0.6 is 23.2 Å². The molecular formula is C13H16Cl2N4O2. The van der Waals surface area contributed by atoms with Gasteiger partial charge in [0.25, 0.3) is 0 Å². The number of carbonyl (C=O) groups excluding carboxylic acids is 2. The molecule has 1 aliphatic rings. The molecule has 0 unspecified atom stereocenters. The zero-order chi connectivity index (χ0) is 15.4. The standard InChI is InChI=1S/C13H16Cl2N4O2/c14-8-1-2-10(15)11(7-8)18-13(21)17-9-3-5-19(6-4-9)12(16)20/h1-2,7,9H,3-6H2,(H2,16,20)(H2,17,18,21). The van der Waals surface area contributed by atoms with Crippen LogP contribution in [0.1, 0.15) is 12.8 Å². The molecule has 0 spiro atoms. The molecule has 21 heavy (non-hydrogen) atoms. The molecule has 0 bridgehead atoms. The van der Waals surface area contributed by atoms with Crippen LogP contribution in [0.2, 0.25) is 10.0 Å². The first kappa shape index (κ1) is 15.7. The first-order valence-corrected chi connectivity index (χ1v) is 7.28. The maximum atomic E-state index is 11.9. The van der Waals surface area contributed by atoms with Crippen molar-refractivity contribution in [2.45, 2.75) is 18.9 Å². The number of nitrogens with zero attached hydrogens (tertiary/aromatic N) is 1. The highest BCUT2D eigenvalue weighted by atomic mass is 35.5. The largest absolute Gasteiger partial charge is 0.351 e. The smallest absolute Gasteiger partial charge is 0.319 e. The molecule has 1 fully saturated rings. The number of benzene rings is 1. The van der Waals surface area contributed by atoms with Crippen molar-refractivity contribution in [1.82, 2.24) is 10.2 Å². The van der Waals surface area contributed by atoms with E-state index in [1.165, 1.54) is 0 Å². The number of nitrogens with one attached hydrogen (secondary N) is 2. The number of anilines is 1. The molecule has 114 valence electrons. The molecule has 1 saturated heterocycles. The average Bonchev–Trinajstić information content (AvgIpc) is 2.43. The number of urea groups is 2. The first-order chi connectivity index (χ1) is 9.95. The summed E-state index contributed by atoms with van der Waals surface area (Å²) in [6.07, 6.45) is 1.33. The van der Waals surface area contributed by atoms with Gasteiger partial charge in [0, 0.05) is 24.2 Å². The van der Waals surface area contributed by atoms with Crippen molar-refractivity contribution in [2.24, 2.45) is 5.73 Å². The van der Waals surface area contributed by atoms with Crippen LogP contribution in [0.15, 0.2) is 18.2 Å². The van der Waals surface area contributed by atoms with E-state index in [0.29, 0.717) is 41.7 Å². The average molecular weight is 331 g/mol. The van der Waals surface area contributed by atoms with E-state index in [-0.39, 0.29) is 12.1 Å². The molecule has 1 heterocycles. The Hall–Kier alpha value is -1.66. The predicted molar refractivity (Wildman–Crippen MR) is 82.8 cm³/mol. The fourth-order valence-corrected chi connectivity index (χ4v) is 2.52. The normalized spacial score (nSPS) is 15.6. The van der Waals surface area contributed by atoms with Gasteiger partial charge in [-0.25, -0.2) is 9.59 Å². The Morgan fingerprint density at radius 2 is 1.90 bits per heavy atom. The van der Waals surface area contributed by atoms with Gasteiger partial charge in [-0.3, -0.25) is 0 Å². The summed E-state index contributed by atoms with van der Waals surface area (Å²) in [6, 6.07) is 4.06.